The van der Waals surface area contributed by atoms with Gasteiger partial charge < -0.3 is 15.1 Å². The zero-order valence-electron chi connectivity index (χ0n) is 10.9. The van der Waals surface area contributed by atoms with E-state index in [1.165, 1.54) is 0 Å². The van der Waals surface area contributed by atoms with Crippen molar-refractivity contribution in [1.29, 1.82) is 0 Å². The van der Waals surface area contributed by atoms with E-state index in [0.717, 1.165) is 29.9 Å². The molecule has 1 aliphatic rings. The van der Waals surface area contributed by atoms with E-state index in [2.05, 4.69) is 24.5 Å². The molecule has 2 N–H and O–H groups in total. The summed E-state index contributed by atoms with van der Waals surface area (Å²) in [7, 11) is 1.63. The van der Waals surface area contributed by atoms with E-state index in [1.807, 2.05) is 13.0 Å². The lowest BCUT2D eigenvalue weighted by molar-refractivity contribution is 0.216. The van der Waals surface area contributed by atoms with E-state index >= 15 is 0 Å². The number of hydrogen-bond donors (Lipinski definition) is 2. The van der Waals surface area contributed by atoms with E-state index in [-0.39, 0.29) is 17.5 Å². The maximum Gasteiger partial charge on any atom is 0.315 e. The van der Waals surface area contributed by atoms with Crippen LogP contribution in [0.3, 0.4) is 0 Å². The van der Waals surface area contributed by atoms with Gasteiger partial charge in [0.1, 0.15) is 11.5 Å². The number of aryl methyl sites for hydroxylation is 1. The zero-order valence-corrected chi connectivity index (χ0v) is 10.9. The highest BCUT2D eigenvalue weighted by Crippen LogP contribution is 2.41. The number of fused-ring (bicyclic) bond motifs is 1. The monoisotopic (exact) mass is 236 g/mol. The predicted octanol–water partition coefficient (Wildman–Crippen LogP) is 2.53. The molecule has 94 valence electrons. The first-order valence-corrected chi connectivity index (χ1v) is 5.99. The summed E-state index contributed by atoms with van der Waals surface area (Å²) >= 11 is 0. The molecule has 4 nitrogen and oxygen atoms in total. The van der Waals surface area contributed by atoms with Crippen molar-refractivity contribution in [2.75, 3.05) is 7.05 Å². The number of carbonyl (C=O) groups is 1. The Balaban J connectivity index is 2.29. The van der Waals surface area contributed by atoms with Gasteiger partial charge in [-0.1, -0.05) is 13.8 Å². The Morgan fingerprint density at radius 2 is 2.24 bits per heavy atom. The Bertz CT molecular complexity index is 435. The Kier molecular flexibility index (Phi) is 2.89. The molecule has 1 heterocycles. The van der Waals surface area contributed by atoms with Gasteiger partial charge in [-0.05, 0) is 24.8 Å². The molecule has 2 rings (SSSR count). The second kappa shape index (κ2) is 4.09. The number of rotatable bonds is 1. The summed E-state index contributed by atoms with van der Waals surface area (Å²) in [4.78, 5) is 11.5. The molecule has 1 unspecified atom stereocenters. The number of urea groups is 1. The SMILES string of the molecule is CNC(=O)NC1CC(C)(C)Cc2oc(C)cc21. The Morgan fingerprint density at radius 1 is 1.53 bits per heavy atom. The van der Waals surface area contributed by atoms with Gasteiger partial charge in [0.05, 0.1) is 6.04 Å². The van der Waals surface area contributed by atoms with Crippen molar-refractivity contribution in [1.82, 2.24) is 10.6 Å². The van der Waals surface area contributed by atoms with Crippen molar-refractivity contribution in [3.63, 3.8) is 0 Å². The molecule has 0 saturated heterocycles. The fourth-order valence-electron chi connectivity index (χ4n) is 2.54. The lowest BCUT2D eigenvalue weighted by atomic mass is 9.75. The first kappa shape index (κ1) is 12.0. The average molecular weight is 236 g/mol. The summed E-state index contributed by atoms with van der Waals surface area (Å²) in [5, 5.41) is 5.58. The molecule has 4 heteroatoms. The Morgan fingerprint density at radius 3 is 2.88 bits per heavy atom. The van der Waals surface area contributed by atoms with E-state index in [9.17, 15) is 4.79 Å². The number of hydrogen-bond acceptors (Lipinski definition) is 2. The number of amides is 2. The van der Waals surface area contributed by atoms with Crippen LogP contribution >= 0.6 is 0 Å². The van der Waals surface area contributed by atoms with Gasteiger partial charge in [-0.25, -0.2) is 4.79 Å². The lowest BCUT2D eigenvalue weighted by Crippen LogP contribution is -2.40. The summed E-state index contributed by atoms with van der Waals surface area (Å²) in [6.45, 7) is 6.35. The highest BCUT2D eigenvalue weighted by molar-refractivity contribution is 5.74. The molecule has 0 radical (unpaired) electrons. The topological polar surface area (TPSA) is 54.3 Å². The molecule has 1 aromatic rings. The van der Waals surface area contributed by atoms with Crippen molar-refractivity contribution < 1.29 is 9.21 Å². The quantitative estimate of drug-likeness (QED) is 0.787. The standard InChI is InChI=1S/C13H20N2O2/c1-8-5-9-10(15-12(16)14-4)6-13(2,3)7-11(9)17-8/h5,10H,6-7H2,1-4H3,(H2,14,15,16). The Hall–Kier alpha value is -1.45. The summed E-state index contributed by atoms with van der Waals surface area (Å²) in [5.41, 5.74) is 1.29. The van der Waals surface area contributed by atoms with E-state index in [0.29, 0.717) is 0 Å². The summed E-state index contributed by atoms with van der Waals surface area (Å²) in [6.07, 6.45) is 1.87. The van der Waals surface area contributed by atoms with E-state index in [1.54, 1.807) is 7.05 Å². The van der Waals surface area contributed by atoms with Gasteiger partial charge in [-0.15, -0.1) is 0 Å². The third-order valence-corrected chi connectivity index (χ3v) is 3.27. The minimum atomic E-state index is -0.141. The van der Waals surface area contributed by atoms with Gasteiger partial charge in [0.2, 0.25) is 0 Å². The maximum atomic E-state index is 11.5. The largest absolute Gasteiger partial charge is 0.466 e. The molecule has 0 bridgehead atoms. The van der Waals surface area contributed by atoms with Crippen LogP contribution in [-0.2, 0) is 6.42 Å². The first-order chi connectivity index (χ1) is 7.91. The molecule has 17 heavy (non-hydrogen) atoms. The Labute approximate surface area is 102 Å². The average Bonchev–Trinajstić information content (AvgIpc) is 2.56. The van der Waals surface area contributed by atoms with Crippen molar-refractivity contribution in [2.24, 2.45) is 5.41 Å². The van der Waals surface area contributed by atoms with Crippen LogP contribution in [0.2, 0.25) is 0 Å². The van der Waals surface area contributed by atoms with Crippen LogP contribution in [0.5, 0.6) is 0 Å². The third kappa shape index (κ3) is 2.46. The fourth-order valence-corrected chi connectivity index (χ4v) is 2.54. The van der Waals surface area contributed by atoms with Crippen molar-refractivity contribution >= 4 is 6.03 Å². The maximum absolute atomic E-state index is 11.5. The lowest BCUT2D eigenvalue weighted by Gasteiger charge is -2.34. The molecule has 0 fully saturated rings. The molecule has 0 aromatic carbocycles. The second-order valence-corrected chi connectivity index (χ2v) is 5.56. The van der Waals surface area contributed by atoms with Gasteiger partial charge >= 0.3 is 6.03 Å². The van der Waals surface area contributed by atoms with Gasteiger partial charge in [0.25, 0.3) is 0 Å². The van der Waals surface area contributed by atoms with Gasteiger partial charge in [-0.3, -0.25) is 0 Å². The van der Waals surface area contributed by atoms with Crippen molar-refractivity contribution in [3.8, 4) is 0 Å². The highest BCUT2D eigenvalue weighted by atomic mass is 16.3. The summed E-state index contributed by atoms with van der Waals surface area (Å²) in [5.74, 6) is 1.93. The second-order valence-electron chi connectivity index (χ2n) is 5.56. The van der Waals surface area contributed by atoms with Crippen LogP contribution in [0, 0.1) is 12.3 Å². The number of furan rings is 1. The molecule has 1 aliphatic carbocycles. The molecule has 1 aromatic heterocycles. The van der Waals surface area contributed by atoms with Crippen LogP contribution < -0.4 is 10.6 Å². The van der Waals surface area contributed by atoms with Gasteiger partial charge in [-0.2, -0.15) is 0 Å². The van der Waals surface area contributed by atoms with Crippen LogP contribution in [0.25, 0.3) is 0 Å². The zero-order chi connectivity index (χ0) is 12.6. The summed E-state index contributed by atoms with van der Waals surface area (Å²) < 4.78 is 5.72. The van der Waals surface area contributed by atoms with E-state index < -0.39 is 0 Å². The molecule has 2 amide bonds. The van der Waals surface area contributed by atoms with E-state index in [4.69, 9.17) is 4.42 Å². The molecule has 0 aliphatic heterocycles. The fraction of sp³-hybridized carbons (Fsp3) is 0.615. The third-order valence-electron chi connectivity index (χ3n) is 3.27. The van der Waals surface area contributed by atoms with Crippen molar-refractivity contribution in [2.45, 2.75) is 39.7 Å². The molecular formula is C13H20N2O2. The minimum Gasteiger partial charge on any atom is -0.466 e. The van der Waals surface area contributed by atoms with Crippen LogP contribution in [0.1, 0.15) is 43.4 Å². The van der Waals surface area contributed by atoms with Crippen LogP contribution in [0.4, 0.5) is 4.79 Å². The van der Waals surface area contributed by atoms with Gasteiger partial charge in [0, 0.05) is 19.0 Å². The van der Waals surface area contributed by atoms with Crippen LogP contribution in [-0.4, -0.2) is 13.1 Å². The number of carbonyl (C=O) groups excluding carboxylic acids is 1. The van der Waals surface area contributed by atoms with Crippen LogP contribution in [0.15, 0.2) is 10.5 Å². The van der Waals surface area contributed by atoms with Gasteiger partial charge in [0.15, 0.2) is 0 Å². The molecule has 1 atom stereocenters. The first-order valence-electron chi connectivity index (χ1n) is 5.99. The molecular weight excluding hydrogens is 216 g/mol. The normalized spacial score (nSPS) is 21.8. The molecule has 0 spiro atoms. The smallest absolute Gasteiger partial charge is 0.315 e. The van der Waals surface area contributed by atoms with Crippen molar-refractivity contribution in [3.05, 3.63) is 23.2 Å². The summed E-state index contributed by atoms with van der Waals surface area (Å²) in [6, 6.07) is 1.94. The molecule has 0 saturated carbocycles. The predicted molar refractivity (Wildman–Crippen MR) is 65.9 cm³/mol. The highest BCUT2D eigenvalue weighted by Gasteiger charge is 2.35. The minimum absolute atomic E-state index is 0.0474. The number of nitrogens with one attached hydrogen (secondary N) is 2.